The SMILES string of the molecule is COCCNc1nnc(SCc2nc(-c3ccccc3OC)no2)s1. The molecular weight excluding hydrogens is 362 g/mol. The number of hydrogen-bond donors (Lipinski definition) is 1. The average molecular weight is 379 g/mol. The van der Waals surface area contributed by atoms with Crippen LogP contribution < -0.4 is 10.1 Å². The van der Waals surface area contributed by atoms with E-state index in [0.717, 1.165) is 15.0 Å². The maximum absolute atomic E-state index is 5.32. The van der Waals surface area contributed by atoms with Crippen molar-refractivity contribution in [3.63, 3.8) is 0 Å². The molecule has 0 amide bonds. The smallest absolute Gasteiger partial charge is 0.237 e. The van der Waals surface area contributed by atoms with Gasteiger partial charge in [0.05, 0.1) is 25.0 Å². The van der Waals surface area contributed by atoms with Crippen LogP contribution in [-0.4, -0.2) is 47.7 Å². The molecule has 1 N–H and O–H groups in total. The number of rotatable bonds is 9. The number of methoxy groups -OCH3 is 2. The van der Waals surface area contributed by atoms with Crippen LogP contribution in [0.4, 0.5) is 5.13 Å². The van der Waals surface area contributed by atoms with Gasteiger partial charge in [-0.25, -0.2) is 0 Å². The first-order valence-electron chi connectivity index (χ1n) is 7.45. The van der Waals surface area contributed by atoms with Gasteiger partial charge in [-0.05, 0) is 12.1 Å². The fraction of sp³-hybridized carbons (Fsp3) is 0.333. The molecule has 10 heteroatoms. The third-order valence-corrected chi connectivity index (χ3v) is 5.12. The lowest BCUT2D eigenvalue weighted by molar-refractivity contribution is 0.211. The van der Waals surface area contributed by atoms with Gasteiger partial charge in [-0.1, -0.05) is 40.4 Å². The molecule has 1 aromatic carbocycles. The van der Waals surface area contributed by atoms with Crippen molar-refractivity contribution in [2.45, 2.75) is 10.1 Å². The highest BCUT2D eigenvalue weighted by Crippen LogP contribution is 2.30. The van der Waals surface area contributed by atoms with E-state index in [-0.39, 0.29) is 0 Å². The number of para-hydroxylation sites is 1. The fourth-order valence-corrected chi connectivity index (χ4v) is 3.59. The molecule has 8 nitrogen and oxygen atoms in total. The molecule has 3 rings (SSSR count). The Kier molecular flexibility index (Phi) is 6.20. The van der Waals surface area contributed by atoms with Crippen molar-refractivity contribution in [1.29, 1.82) is 0 Å². The van der Waals surface area contributed by atoms with Gasteiger partial charge in [0.15, 0.2) is 4.34 Å². The van der Waals surface area contributed by atoms with E-state index < -0.39 is 0 Å². The third-order valence-electron chi connectivity index (χ3n) is 3.12. The summed E-state index contributed by atoms with van der Waals surface area (Å²) in [6, 6.07) is 7.55. The zero-order valence-electron chi connectivity index (χ0n) is 13.8. The van der Waals surface area contributed by atoms with Crippen molar-refractivity contribution in [1.82, 2.24) is 20.3 Å². The van der Waals surface area contributed by atoms with E-state index >= 15 is 0 Å². The molecule has 0 atom stereocenters. The second-order valence-electron chi connectivity index (χ2n) is 4.79. The van der Waals surface area contributed by atoms with Crippen molar-refractivity contribution in [3.05, 3.63) is 30.2 Å². The van der Waals surface area contributed by atoms with E-state index in [0.29, 0.717) is 36.4 Å². The summed E-state index contributed by atoms with van der Waals surface area (Å²) in [6.07, 6.45) is 0. The molecule has 0 saturated carbocycles. The highest BCUT2D eigenvalue weighted by atomic mass is 32.2. The minimum Gasteiger partial charge on any atom is -0.496 e. The first-order chi connectivity index (χ1) is 12.3. The number of benzene rings is 1. The van der Waals surface area contributed by atoms with Crippen molar-refractivity contribution in [2.24, 2.45) is 0 Å². The Morgan fingerprint density at radius 2 is 2.12 bits per heavy atom. The summed E-state index contributed by atoms with van der Waals surface area (Å²) < 4.78 is 16.4. The maximum Gasteiger partial charge on any atom is 0.237 e. The molecule has 0 aliphatic heterocycles. The largest absolute Gasteiger partial charge is 0.496 e. The second kappa shape index (κ2) is 8.79. The summed E-state index contributed by atoms with van der Waals surface area (Å²) in [5.41, 5.74) is 0.797. The Morgan fingerprint density at radius 1 is 1.24 bits per heavy atom. The summed E-state index contributed by atoms with van der Waals surface area (Å²) in [4.78, 5) is 4.42. The van der Waals surface area contributed by atoms with Crippen LogP contribution in [0, 0.1) is 0 Å². The second-order valence-corrected chi connectivity index (χ2v) is 6.99. The number of hydrogen-bond acceptors (Lipinski definition) is 10. The Morgan fingerprint density at radius 3 is 2.96 bits per heavy atom. The highest BCUT2D eigenvalue weighted by molar-refractivity contribution is 8.00. The predicted octanol–water partition coefficient (Wildman–Crippen LogP) is 2.95. The van der Waals surface area contributed by atoms with Crippen LogP contribution >= 0.6 is 23.1 Å². The van der Waals surface area contributed by atoms with Crippen molar-refractivity contribution in [2.75, 3.05) is 32.7 Å². The Bertz CT molecular complexity index is 808. The van der Waals surface area contributed by atoms with Gasteiger partial charge in [-0.15, -0.1) is 10.2 Å². The van der Waals surface area contributed by atoms with Crippen LogP contribution in [0.2, 0.25) is 0 Å². The molecule has 0 saturated heterocycles. The van der Waals surface area contributed by atoms with E-state index in [1.807, 2.05) is 24.3 Å². The molecule has 0 aliphatic carbocycles. The molecule has 132 valence electrons. The van der Waals surface area contributed by atoms with E-state index in [2.05, 4.69) is 25.7 Å². The number of thioether (sulfide) groups is 1. The van der Waals surface area contributed by atoms with Crippen LogP contribution in [0.15, 0.2) is 33.1 Å². The Balaban J connectivity index is 1.59. The number of ether oxygens (including phenoxy) is 2. The highest BCUT2D eigenvalue weighted by Gasteiger charge is 2.14. The summed E-state index contributed by atoms with van der Waals surface area (Å²) >= 11 is 2.97. The van der Waals surface area contributed by atoms with Gasteiger partial charge < -0.3 is 19.3 Å². The Labute approximate surface area is 153 Å². The van der Waals surface area contributed by atoms with E-state index in [1.165, 1.54) is 23.1 Å². The molecular formula is C15H17N5O3S2. The minimum absolute atomic E-state index is 0.507. The zero-order valence-corrected chi connectivity index (χ0v) is 15.4. The first kappa shape index (κ1) is 17.6. The number of aromatic nitrogens is 4. The maximum atomic E-state index is 5.32. The summed E-state index contributed by atoms with van der Waals surface area (Å²) in [6.45, 7) is 1.32. The molecule has 0 unspecified atom stereocenters. The lowest BCUT2D eigenvalue weighted by Crippen LogP contribution is -2.06. The van der Waals surface area contributed by atoms with Gasteiger partial charge >= 0.3 is 0 Å². The molecule has 0 bridgehead atoms. The zero-order chi connectivity index (χ0) is 17.5. The quantitative estimate of drug-likeness (QED) is 0.444. The van der Waals surface area contributed by atoms with Crippen LogP contribution in [0.3, 0.4) is 0 Å². The number of anilines is 1. The fourth-order valence-electron chi connectivity index (χ4n) is 1.98. The van der Waals surface area contributed by atoms with Crippen molar-refractivity contribution >= 4 is 28.2 Å². The predicted molar refractivity (Wildman–Crippen MR) is 96.1 cm³/mol. The topological polar surface area (TPSA) is 95.2 Å². The molecule has 2 aromatic heterocycles. The van der Waals surface area contributed by atoms with Crippen molar-refractivity contribution < 1.29 is 14.0 Å². The van der Waals surface area contributed by atoms with E-state index in [1.54, 1.807) is 14.2 Å². The molecule has 0 spiro atoms. The average Bonchev–Trinajstić information content (AvgIpc) is 3.29. The first-order valence-corrected chi connectivity index (χ1v) is 9.25. The molecule has 2 heterocycles. The summed E-state index contributed by atoms with van der Waals surface area (Å²) in [7, 11) is 3.27. The lowest BCUT2D eigenvalue weighted by atomic mass is 10.2. The van der Waals surface area contributed by atoms with Crippen LogP contribution in [0.25, 0.3) is 11.4 Å². The van der Waals surface area contributed by atoms with Gasteiger partial charge in [0.1, 0.15) is 5.75 Å². The molecule has 0 aliphatic rings. The monoisotopic (exact) mass is 379 g/mol. The normalized spacial score (nSPS) is 10.8. The van der Waals surface area contributed by atoms with Gasteiger partial charge in [-0.3, -0.25) is 0 Å². The van der Waals surface area contributed by atoms with E-state index in [4.69, 9.17) is 14.0 Å². The van der Waals surface area contributed by atoms with Crippen LogP contribution in [-0.2, 0) is 10.5 Å². The van der Waals surface area contributed by atoms with Gasteiger partial charge in [-0.2, -0.15) is 4.98 Å². The van der Waals surface area contributed by atoms with Gasteiger partial charge in [0, 0.05) is 13.7 Å². The number of nitrogens with zero attached hydrogens (tertiary/aromatic N) is 4. The van der Waals surface area contributed by atoms with Gasteiger partial charge in [0.25, 0.3) is 0 Å². The standard InChI is InChI=1S/C15H17N5O3S2/c1-21-8-7-16-14-18-19-15(25-14)24-9-12-17-13(20-23-12)10-5-3-4-6-11(10)22-2/h3-6H,7-9H2,1-2H3,(H,16,18). The summed E-state index contributed by atoms with van der Waals surface area (Å²) in [5, 5.41) is 16.1. The molecule has 0 radical (unpaired) electrons. The van der Waals surface area contributed by atoms with Gasteiger partial charge in [0.2, 0.25) is 16.8 Å². The molecule has 0 fully saturated rings. The van der Waals surface area contributed by atoms with Crippen LogP contribution in [0.1, 0.15) is 5.89 Å². The van der Waals surface area contributed by atoms with Crippen LogP contribution in [0.5, 0.6) is 5.75 Å². The third kappa shape index (κ3) is 4.68. The Hall–Kier alpha value is -2.17. The minimum atomic E-state index is 0.507. The molecule has 25 heavy (non-hydrogen) atoms. The number of nitrogens with one attached hydrogen (secondary N) is 1. The lowest BCUT2D eigenvalue weighted by Gasteiger charge is -2.02. The summed E-state index contributed by atoms with van der Waals surface area (Å²) in [5.74, 6) is 2.26. The van der Waals surface area contributed by atoms with Crippen molar-refractivity contribution in [3.8, 4) is 17.1 Å². The molecule has 3 aromatic rings. The van der Waals surface area contributed by atoms with E-state index in [9.17, 15) is 0 Å².